The van der Waals surface area contributed by atoms with Crippen molar-refractivity contribution in [2.75, 3.05) is 11.4 Å². The molecule has 0 N–H and O–H groups in total. The standard InChI is InChI=1S/C12H10F4N2S/c1-2-18(6-7-4-3-5-19-7)10-8(13)11(15)17-12(16)9(10)14/h3-5H,2,6H2,1H3. The molecule has 0 unspecified atom stereocenters. The summed E-state index contributed by atoms with van der Waals surface area (Å²) in [7, 11) is 0. The van der Waals surface area contributed by atoms with E-state index in [-0.39, 0.29) is 13.1 Å². The molecule has 0 aromatic carbocycles. The molecule has 0 amide bonds. The fourth-order valence-electron chi connectivity index (χ4n) is 1.69. The lowest BCUT2D eigenvalue weighted by Crippen LogP contribution is -2.25. The van der Waals surface area contributed by atoms with Gasteiger partial charge in [-0.25, -0.2) is 0 Å². The molecule has 2 aromatic rings. The molecule has 2 rings (SSSR count). The van der Waals surface area contributed by atoms with Crippen molar-refractivity contribution in [3.8, 4) is 0 Å². The molecule has 7 heteroatoms. The van der Waals surface area contributed by atoms with Gasteiger partial charge >= 0.3 is 0 Å². The minimum absolute atomic E-state index is 0.172. The van der Waals surface area contributed by atoms with Crippen molar-refractivity contribution >= 4 is 17.0 Å². The predicted octanol–water partition coefficient (Wildman–Crippen LogP) is 3.73. The average Bonchev–Trinajstić information content (AvgIpc) is 2.88. The summed E-state index contributed by atoms with van der Waals surface area (Å²) in [5, 5.41) is 1.81. The first-order valence-corrected chi connectivity index (χ1v) is 6.39. The van der Waals surface area contributed by atoms with Crippen LogP contribution in [-0.4, -0.2) is 11.5 Å². The van der Waals surface area contributed by atoms with E-state index in [9.17, 15) is 17.6 Å². The van der Waals surface area contributed by atoms with Crippen LogP contribution in [0.1, 0.15) is 11.8 Å². The summed E-state index contributed by atoms with van der Waals surface area (Å²) < 4.78 is 53.4. The minimum atomic E-state index is -1.64. The summed E-state index contributed by atoms with van der Waals surface area (Å²) in [6.07, 6.45) is 0. The zero-order valence-electron chi connectivity index (χ0n) is 9.96. The van der Waals surface area contributed by atoms with Crippen molar-refractivity contribution in [1.82, 2.24) is 4.98 Å². The molecule has 0 aliphatic rings. The second-order valence-electron chi connectivity index (χ2n) is 3.76. The Kier molecular flexibility index (Phi) is 4.04. The molecule has 2 aromatic heterocycles. The Labute approximate surface area is 111 Å². The number of rotatable bonds is 4. The van der Waals surface area contributed by atoms with E-state index < -0.39 is 29.2 Å². The highest BCUT2D eigenvalue weighted by Crippen LogP contribution is 2.28. The van der Waals surface area contributed by atoms with Gasteiger partial charge in [-0.1, -0.05) is 6.07 Å². The van der Waals surface area contributed by atoms with Crippen LogP contribution in [-0.2, 0) is 6.54 Å². The van der Waals surface area contributed by atoms with Gasteiger partial charge in [0, 0.05) is 11.4 Å². The topological polar surface area (TPSA) is 16.1 Å². The van der Waals surface area contributed by atoms with Crippen LogP contribution in [0.2, 0.25) is 0 Å². The van der Waals surface area contributed by atoms with E-state index in [4.69, 9.17) is 0 Å². The van der Waals surface area contributed by atoms with Crippen LogP contribution in [0, 0.1) is 23.5 Å². The maximum absolute atomic E-state index is 13.6. The minimum Gasteiger partial charge on any atom is -0.362 e. The summed E-state index contributed by atoms with van der Waals surface area (Å²) in [6.45, 7) is 2.02. The van der Waals surface area contributed by atoms with Gasteiger partial charge in [0.1, 0.15) is 5.69 Å². The molecule has 0 fully saturated rings. The van der Waals surface area contributed by atoms with Gasteiger partial charge in [0.25, 0.3) is 11.9 Å². The second-order valence-corrected chi connectivity index (χ2v) is 4.80. The third kappa shape index (κ3) is 2.70. The van der Waals surface area contributed by atoms with E-state index in [1.54, 1.807) is 19.1 Å². The van der Waals surface area contributed by atoms with E-state index in [0.29, 0.717) is 0 Å². The second kappa shape index (κ2) is 5.56. The molecule has 0 spiro atoms. The highest BCUT2D eigenvalue weighted by molar-refractivity contribution is 7.09. The lowest BCUT2D eigenvalue weighted by Gasteiger charge is -2.23. The van der Waals surface area contributed by atoms with Crippen LogP contribution < -0.4 is 4.90 Å². The molecule has 0 aliphatic carbocycles. The summed E-state index contributed by atoms with van der Waals surface area (Å²) >= 11 is 1.39. The first kappa shape index (κ1) is 13.8. The van der Waals surface area contributed by atoms with E-state index in [1.807, 2.05) is 5.38 Å². The quantitative estimate of drug-likeness (QED) is 0.630. The number of thiophene rings is 1. The van der Waals surface area contributed by atoms with Gasteiger partial charge in [-0.05, 0) is 18.4 Å². The molecule has 0 radical (unpaired) electrons. The highest BCUT2D eigenvalue weighted by atomic mass is 32.1. The lowest BCUT2D eigenvalue weighted by molar-refractivity contribution is 0.406. The van der Waals surface area contributed by atoms with Crippen molar-refractivity contribution in [1.29, 1.82) is 0 Å². The zero-order valence-corrected chi connectivity index (χ0v) is 10.8. The summed E-state index contributed by atoms with van der Waals surface area (Å²) in [6, 6.07) is 3.56. The molecule has 0 saturated heterocycles. The van der Waals surface area contributed by atoms with Crippen molar-refractivity contribution in [2.45, 2.75) is 13.5 Å². The lowest BCUT2D eigenvalue weighted by atomic mass is 10.3. The fourth-order valence-corrected chi connectivity index (χ4v) is 2.41. The Morgan fingerprint density at radius 1 is 1.16 bits per heavy atom. The Balaban J connectivity index is 2.43. The Morgan fingerprint density at radius 2 is 1.79 bits per heavy atom. The van der Waals surface area contributed by atoms with Crippen LogP contribution in [0.25, 0.3) is 0 Å². The van der Waals surface area contributed by atoms with Crippen LogP contribution in [0.5, 0.6) is 0 Å². The van der Waals surface area contributed by atoms with Gasteiger partial charge in [-0.15, -0.1) is 11.3 Å². The first-order chi connectivity index (χ1) is 9.04. The third-order valence-corrected chi connectivity index (χ3v) is 3.46. The van der Waals surface area contributed by atoms with Crippen LogP contribution in [0.4, 0.5) is 23.2 Å². The summed E-state index contributed by atoms with van der Waals surface area (Å²) in [5.74, 6) is -6.23. The molecule has 102 valence electrons. The SMILES string of the molecule is CCN(Cc1cccs1)c1c(F)c(F)nc(F)c1F. The number of hydrogen-bond acceptors (Lipinski definition) is 3. The normalized spacial score (nSPS) is 10.8. The van der Waals surface area contributed by atoms with Gasteiger partial charge in [0.2, 0.25) is 11.6 Å². The Morgan fingerprint density at radius 3 is 2.26 bits per heavy atom. The number of anilines is 1. The molecule has 0 aliphatic heterocycles. The van der Waals surface area contributed by atoms with Crippen LogP contribution in [0.3, 0.4) is 0 Å². The molecule has 0 bridgehead atoms. The van der Waals surface area contributed by atoms with Crippen molar-refractivity contribution in [3.63, 3.8) is 0 Å². The Bertz CT molecular complexity index is 545. The number of aromatic nitrogens is 1. The predicted molar refractivity (Wildman–Crippen MR) is 65.1 cm³/mol. The molecule has 19 heavy (non-hydrogen) atoms. The number of halogens is 4. The molecule has 0 saturated carbocycles. The molecule has 2 heterocycles. The molecular formula is C12H10F4N2S. The number of pyridine rings is 1. The van der Waals surface area contributed by atoms with Gasteiger partial charge in [-0.3, -0.25) is 0 Å². The first-order valence-electron chi connectivity index (χ1n) is 5.52. The van der Waals surface area contributed by atoms with E-state index in [1.165, 1.54) is 16.2 Å². The molecule has 0 atom stereocenters. The van der Waals surface area contributed by atoms with Gasteiger partial charge in [0.05, 0.1) is 6.54 Å². The van der Waals surface area contributed by atoms with Crippen molar-refractivity contribution < 1.29 is 17.6 Å². The van der Waals surface area contributed by atoms with E-state index in [2.05, 4.69) is 4.98 Å². The van der Waals surface area contributed by atoms with Crippen LogP contribution >= 0.6 is 11.3 Å². The maximum Gasteiger partial charge on any atom is 0.253 e. The third-order valence-electron chi connectivity index (χ3n) is 2.60. The van der Waals surface area contributed by atoms with Gasteiger partial charge in [0.15, 0.2) is 0 Å². The molecule has 2 nitrogen and oxygen atoms in total. The summed E-state index contributed by atoms with van der Waals surface area (Å²) in [5.41, 5.74) is -0.721. The number of nitrogens with zero attached hydrogens (tertiary/aromatic N) is 2. The van der Waals surface area contributed by atoms with Crippen molar-refractivity contribution in [2.24, 2.45) is 0 Å². The van der Waals surface area contributed by atoms with Gasteiger partial charge in [-0.2, -0.15) is 22.5 Å². The summed E-state index contributed by atoms with van der Waals surface area (Å²) in [4.78, 5) is 4.60. The monoisotopic (exact) mass is 290 g/mol. The van der Waals surface area contributed by atoms with E-state index in [0.717, 1.165) is 4.88 Å². The fraction of sp³-hybridized carbons (Fsp3) is 0.250. The smallest absolute Gasteiger partial charge is 0.253 e. The molecular weight excluding hydrogens is 280 g/mol. The van der Waals surface area contributed by atoms with Crippen LogP contribution in [0.15, 0.2) is 17.5 Å². The van der Waals surface area contributed by atoms with E-state index >= 15 is 0 Å². The maximum atomic E-state index is 13.6. The number of hydrogen-bond donors (Lipinski definition) is 0. The van der Waals surface area contributed by atoms with Gasteiger partial charge < -0.3 is 4.90 Å². The zero-order chi connectivity index (χ0) is 14.0. The average molecular weight is 290 g/mol. The Hall–Kier alpha value is -1.63. The van der Waals surface area contributed by atoms with Crippen molar-refractivity contribution in [3.05, 3.63) is 45.9 Å². The highest BCUT2D eigenvalue weighted by Gasteiger charge is 2.24. The largest absolute Gasteiger partial charge is 0.362 e.